The molecule has 0 unspecified atom stereocenters. The van der Waals surface area contributed by atoms with Crippen molar-refractivity contribution >= 4 is 28.1 Å². The molecular formula is C9H11BrN4O3. The van der Waals surface area contributed by atoms with Gasteiger partial charge in [0.1, 0.15) is 0 Å². The molecule has 0 atom stereocenters. The van der Waals surface area contributed by atoms with Crippen molar-refractivity contribution in [2.45, 2.75) is 0 Å². The first-order valence-electron chi connectivity index (χ1n) is 4.42. The van der Waals surface area contributed by atoms with E-state index in [4.69, 9.17) is 15.4 Å². The Morgan fingerprint density at radius 3 is 2.88 bits per heavy atom. The molecule has 0 saturated carbocycles. The number of ether oxygens (including phenoxy) is 1. The molecule has 0 bridgehead atoms. The number of hydrogen-bond donors (Lipinski definition) is 5. The van der Waals surface area contributed by atoms with Gasteiger partial charge < -0.3 is 9.84 Å². The molecule has 1 aromatic rings. The van der Waals surface area contributed by atoms with E-state index in [9.17, 15) is 5.11 Å². The average Bonchev–Trinajstić information content (AvgIpc) is 2.32. The van der Waals surface area contributed by atoms with Crippen LogP contribution in [-0.4, -0.2) is 29.6 Å². The van der Waals surface area contributed by atoms with E-state index in [1.807, 2.05) is 0 Å². The van der Waals surface area contributed by atoms with Crippen LogP contribution >= 0.6 is 15.9 Å². The number of benzene rings is 1. The molecule has 1 rings (SSSR count). The molecule has 0 radical (unpaired) electrons. The van der Waals surface area contributed by atoms with E-state index in [1.165, 1.54) is 13.3 Å². The lowest BCUT2D eigenvalue weighted by Gasteiger charge is -2.06. The van der Waals surface area contributed by atoms with Crippen molar-refractivity contribution in [3.05, 3.63) is 22.2 Å². The summed E-state index contributed by atoms with van der Waals surface area (Å²) >= 11 is 3.25. The van der Waals surface area contributed by atoms with Crippen molar-refractivity contribution < 1.29 is 15.1 Å². The van der Waals surface area contributed by atoms with E-state index >= 15 is 0 Å². The molecule has 0 fully saturated rings. The fourth-order valence-corrected chi connectivity index (χ4v) is 1.49. The quantitative estimate of drug-likeness (QED) is 0.325. The predicted octanol–water partition coefficient (Wildman–Crippen LogP) is 1.00. The lowest BCUT2D eigenvalue weighted by molar-refractivity contribution is 0.228. The van der Waals surface area contributed by atoms with Crippen LogP contribution in [0.1, 0.15) is 5.56 Å². The second-order valence-electron chi connectivity index (χ2n) is 2.90. The number of nitrogens with zero attached hydrogens (tertiary/aromatic N) is 1. The summed E-state index contributed by atoms with van der Waals surface area (Å²) in [5, 5.41) is 28.7. The third-order valence-electron chi connectivity index (χ3n) is 1.78. The molecule has 7 nitrogen and oxygen atoms in total. The highest BCUT2D eigenvalue weighted by atomic mass is 79.9. The lowest BCUT2D eigenvalue weighted by Crippen LogP contribution is -2.30. The minimum Gasteiger partial charge on any atom is -0.504 e. The van der Waals surface area contributed by atoms with E-state index in [0.717, 1.165) is 0 Å². The van der Waals surface area contributed by atoms with Crippen molar-refractivity contribution in [1.82, 2.24) is 10.9 Å². The Kier molecular flexibility index (Phi) is 4.73. The van der Waals surface area contributed by atoms with E-state index in [-0.39, 0.29) is 11.7 Å². The Balaban J connectivity index is 2.90. The van der Waals surface area contributed by atoms with Crippen molar-refractivity contribution in [2.24, 2.45) is 5.10 Å². The van der Waals surface area contributed by atoms with Crippen LogP contribution in [-0.2, 0) is 0 Å². The van der Waals surface area contributed by atoms with Gasteiger partial charge in [-0.05, 0) is 12.1 Å². The predicted molar refractivity (Wildman–Crippen MR) is 65.7 cm³/mol. The van der Waals surface area contributed by atoms with Gasteiger partial charge in [0, 0.05) is 10.0 Å². The summed E-state index contributed by atoms with van der Waals surface area (Å²) in [4.78, 5) is 0. The molecule has 8 heteroatoms. The molecule has 0 aliphatic rings. The molecule has 0 aromatic heterocycles. The number of methoxy groups -OCH3 is 1. The zero-order valence-electron chi connectivity index (χ0n) is 8.86. The minimum absolute atomic E-state index is 0.0651. The summed E-state index contributed by atoms with van der Waals surface area (Å²) in [5.74, 6) is -0.149. The maximum absolute atomic E-state index is 9.75. The standard InChI is InChI=1S/C9H11BrN4O3/c1-17-7-3-6(10)2-5(8(7)15)4-12-13-9(11)14-16/h2-4,15-16H,1H3,(H3,11,13,14). The van der Waals surface area contributed by atoms with Gasteiger partial charge in [-0.25, -0.2) is 10.9 Å². The number of nitrogens with one attached hydrogen (secondary N) is 3. The van der Waals surface area contributed by atoms with Crippen LogP contribution in [0.4, 0.5) is 0 Å². The molecule has 0 saturated heterocycles. The summed E-state index contributed by atoms with van der Waals surface area (Å²) in [6, 6.07) is 3.23. The smallest absolute Gasteiger partial charge is 0.233 e. The van der Waals surface area contributed by atoms with Gasteiger partial charge in [-0.2, -0.15) is 5.10 Å². The molecular weight excluding hydrogens is 292 g/mol. The van der Waals surface area contributed by atoms with Gasteiger partial charge >= 0.3 is 0 Å². The molecule has 0 aliphatic carbocycles. The van der Waals surface area contributed by atoms with E-state index < -0.39 is 0 Å². The van der Waals surface area contributed by atoms with Gasteiger partial charge in [0.2, 0.25) is 5.96 Å². The third kappa shape index (κ3) is 3.61. The normalized spacial score (nSPS) is 10.3. The van der Waals surface area contributed by atoms with Crippen LogP contribution in [0.2, 0.25) is 0 Å². The van der Waals surface area contributed by atoms with Crippen LogP contribution in [0.25, 0.3) is 0 Å². The molecule has 92 valence electrons. The van der Waals surface area contributed by atoms with Crippen molar-refractivity contribution in [3.8, 4) is 11.5 Å². The van der Waals surface area contributed by atoms with Gasteiger partial charge in [0.05, 0.1) is 13.3 Å². The van der Waals surface area contributed by atoms with Crippen molar-refractivity contribution in [1.29, 1.82) is 5.41 Å². The number of guanidine groups is 1. The van der Waals surface area contributed by atoms with E-state index in [2.05, 4.69) is 26.5 Å². The van der Waals surface area contributed by atoms with E-state index in [1.54, 1.807) is 17.6 Å². The Morgan fingerprint density at radius 2 is 2.29 bits per heavy atom. The molecule has 1 aromatic carbocycles. The van der Waals surface area contributed by atoms with Crippen LogP contribution < -0.4 is 15.6 Å². The number of hydrogen-bond acceptors (Lipinski definition) is 5. The zero-order chi connectivity index (χ0) is 12.8. The van der Waals surface area contributed by atoms with Gasteiger partial charge in [0.15, 0.2) is 11.5 Å². The molecule has 0 amide bonds. The number of hydrazone groups is 1. The monoisotopic (exact) mass is 302 g/mol. The first kappa shape index (κ1) is 13.3. The zero-order valence-corrected chi connectivity index (χ0v) is 10.4. The summed E-state index contributed by atoms with van der Waals surface area (Å²) in [6.45, 7) is 0. The lowest BCUT2D eigenvalue weighted by atomic mass is 10.2. The summed E-state index contributed by atoms with van der Waals surface area (Å²) in [6.07, 6.45) is 1.29. The van der Waals surface area contributed by atoms with Crippen LogP contribution in [0.5, 0.6) is 11.5 Å². The van der Waals surface area contributed by atoms with Gasteiger partial charge in [-0.1, -0.05) is 15.9 Å². The van der Waals surface area contributed by atoms with Gasteiger partial charge in [-0.15, -0.1) is 0 Å². The summed E-state index contributed by atoms with van der Waals surface area (Å²) < 4.78 is 5.67. The topological polar surface area (TPSA) is 110 Å². The molecule has 0 aliphatic heterocycles. The average molecular weight is 303 g/mol. The first-order valence-corrected chi connectivity index (χ1v) is 5.22. The Bertz CT molecular complexity index is 450. The summed E-state index contributed by atoms with van der Waals surface area (Å²) in [5.41, 5.74) is 4.15. The number of aromatic hydroxyl groups is 1. The van der Waals surface area contributed by atoms with Gasteiger partial charge in [0.25, 0.3) is 0 Å². The number of rotatable bonds is 3. The SMILES string of the molecule is COc1cc(Br)cc(C=NNC(=N)NO)c1O. The number of hydroxylamine groups is 1. The minimum atomic E-state index is -0.386. The fraction of sp³-hybridized carbons (Fsp3) is 0.111. The largest absolute Gasteiger partial charge is 0.504 e. The van der Waals surface area contributed by atoms with E-state index in [0.29, 0.717) is 15.8 Å². The molecule has 0 heterocycles. The van der Waals surface area contributed by atoms with Crippen LogP contribution in [0, 0.1) is 5.41 Å². The molecule has 0 spiro atoms. The van der Waals surface area contributed by atoms with Crippen LogP contribution in [0.3, 0.4) is 0 Å². The second kappa shape index (κ2) is 6.06. The Hall–Kier alpha value is -1.80. The van der Waals surface area contributed by atoms with Crippen LogP contribution in [0.15, 0.2) is 21.7 Å². The fourth-order valence-electron chi connectivity index (χ4n) is 1.04. The Labute approximate surface area is 106 Å². The highest BCUT2D eigenvalue weighted by Gasteiger charge is 2.07. The van der Waals surface area contributed by atoms with Gasteiger partial charge in [-0.3, -0.25) is 10.6 Å². The number of phenols is 1. The second-order valence-corrected chi connectivity index (χ2v) is 3.82. The maximum atomic E-state index is 9.75. The molecule has 5 N–H and O–H groups in total. The number of halogens is 1. The summed E-state index contributed by atoms with van der Waals surface area (Å²) in [7, 11) is 1.44. The number of phenolic OH excluding ortho intramolecular Hbond substituents is 1. The van der Waals surface area contributed by atoms with Crippen molar-refractivity contribution in [3.63, 3.8) is 0 Å². The highest BCUT2D eigenvalue weighted by molar-refractivity contribution is 9.10. The third-order valence-corrected chi connectivity index (χ3v) is 2.24. The Morgan fingerprint density at radius 1 is 1.59 bits per heavy atom. The van der Waals surface area contributed by atoms with Crippen molar-refractivity contribution in [2.75, 3.05) is 7.11 Å². The molecule has 17 heavy (non-hydrogen) atoms. The maximum Gasteiger partial charge on any atom is 0.233 e. The first-order chi connectivity index (χ1) is 8.08. The highest BCUT2D eigenvalue weighted by Crippen LogP contribution is 2.32.